The third kappa shape index (κ3) is 3.63. The Morgan fingerprint density at radius 1 is 1.21 bits per heavy atom. The number of carbonyl (C=O) groups is 1. The lowest BCUT2D eigenvalue weighted by Gasteiger charge is -2.36. The van der Waals surface area contributed by atoms with Crippen molar-refractivity contribution in [3.8, 4) is 0 Å². The Hall–Kier alpha value is -2.42. The lowest BCUT2D eigenvalue weighted by Crippen LogP contribution is -2.49. The van der Waals surface area contributed by atoms with Crippen molar-refractivity contribution in [2.75, 3.05) is 25.4 Å². The largest absolute Gasteiger partial charge is 0.384 e. The van der Waals surface area contributed by atoms with Gasteiger partial charge in [-0.05, 0) is 24.6 Å². The van der Waals surface area contributed by atoms with Crippen molar-refractivity contribution in [1.29, 1.82) is 0 Å². The predicted octanol–water partition coefficient (Wildman–Crippen LogP) is 0.964. The Morgan fingerprint density at radius 3 is 2.50 bits per heavy atom. The van der Waals surface area contributed by atoms with Gasteiger partial charge in [0.15, 0.2) is 5.78 Å². The Bertz CT molecular complexity index is 1010. The molecule has 1 saturated heterocycles. The van der Waals surface area contributed by atoms with Crippen LogP contribution in [0.5, 0.6) is 0 Å². The van der Waals surface area contributed by atoms with Crippen LogP contribution in [0.2, 0.25) is 5.02 Å². The van der Waals surface area contributed by atoms with Gasteiger partial charge in [0, 0.05) is 32.2 Å². The van der Waals surface area contributed by atoms with Crippen LogP contribution < -0.4 is 17.0 Å². The molecule has 150 valence electrons. The summed E-state index contributed by atoms with van der Waals surface area (Å²) in [7, 11) is 2.76. The third-order valence-corrected chi connectivity index (χ3v) is 5.48. The van der Waals surface area contributed by atoms with Gasteiger partial charge < -0.3 is 10.5 Å². The average molecular weight is 407 g/mol. The molecule has 0 bridgehead atoms. The van der Waals surface area contributed by atoms with Crippen molar-refractivity contribution in [3.63, 3.8) is 0 Å². The molecule has 0 spiro atoms. The molecule has 0 amide bonds. The van der Waals surface area contributed by atoms with Crippen LogP contribution in [0.15, 0.2) is 33.9 Å². The monoisotopic (exact) mass is 406 g/mol. The maximum atomic E-state index is 13.1. The fourth-order valence-corrected chi connectivity index (χ4v) is 3.49. The van der Waals surface area contributed by atoms with Crippen LogP contribution >= 0.6 is 11.6 Å². The van der Waals surface area contributed by atoms with E-state index in [1.54, 1.807) is 19.1 Å². The van der Waals surface area contributed by atoms with Crippen molar-refractivity contribution in [1.82, 2.24) is 14.0 Å². The summed E-state index contributed by atoms with van der Waals surface area (Å²) in [6.45, 7) is 3.21. The average Bonchev–Trinajstić information content (AvgIpc) is 2.71. The van der Waals surface area contributed by atoms with Gasteiger partial charge in [-0.3, -0.25) is 23.6 Å². The molecule has 28 heavy (non-hydrogen) atoms. The van der Waals surface area contributed by atoms with Crippen molar-refractivity contribution in [3.05, 3.63) is 61.3 Å². The fourth-order valence-electron chi connectivity index (χ4n) is 3.37. The van der Waals surface area contributed by atoms with Crippen LogP contribution in [0, 0.1) is 0 Å². The first-order valence-corrected chi connectivity index (χ1v) is 9.31. The highest BCUT2D eigenvalue weighted by Crippen LogP contribution is 2.25. The molecule has 9 heteroatoms. The summed E-state index contributed by atoms with van der Waals surface area (Å²) in [5.41, 5.74) is 5.48. The van der Waals surface area contributed by atoms with E-state index in [0.29, 0.717) is 24.7 Å². The number of halogens is 1. The number of ether oxygens (including phenoxy) is 1. The summed E-state index contributed by atoms with van der Waals surface area (Å²) in [4.78, 5) is 39.5. The van der Waals surface area contributed by atoms with E-state index in [1.165, 1.54) is 14.1 Å². The van der Waals surface area contributed by atoms with Crippen LogP contribution in [0.25, 0.3) is 0 Å². The Labute approximate surface area is 167 Å². The molecule has 1 aromatic carbocycles. The highest BCUT2D eigenvalue weighted by Gasteiger charge is 2.32. The van der Waals surface area contributed by atoms with E-state index in [4.69, 9.17) is 22.1 Å². The fraction of sp³-hybridized carbons (Fsp3) is 0.421. The van der Waals surface area contributed by atoms with E-state index in [1.807, 2.05) is 17.0 Å². The molecule has 1 aliphatic heterocycles. The summed E-state index contributed by atoms with van der Waals surface area (Å²) < 4.78 is 7.84. The standard InChI is InChI=1S/C19H23ClN4O4/c1-11(16(25)15-17(21)22(2)19(27)23(3)18(15)26)24-8-9-28-14(10-24)12-4-6-13(20)7-5-12/h4-7,11,14H,8-10,21H2,1-3H3/t11-,14-/m1/s1. The first-order valence-electron chi connectivity index (χ1n) is 8.93. The van der Waals surface area contributed by atoms with Crippen LogP contribution in [0.4, 0.5) is 5.82 Å². The minimum Gasteiger partial charge on any atom is -0.384 e. The van der Waals surface area contributed by atoms with Crippen molar-refractivity contribution in [2.24, 2.45) is 14.1 Å². The van der Waals surface area contributed by atoms with Gasteiger partial charge in [-0.25, -0.2) is 4.79 Å². The molecule has 0 aliphatic carbocycles. The molecule has 2 aromatic rings. The summed E-state index contributed by atoms with van der Waals surface area (Å²) in [6, 6.07) is 6.78. The van der Waals surface area contributed by atoms with E-state index < -0.39 is 23.1 Å². The Morgan fingerprint density at radius 2 is 1.86 bits per heavy atom. The normalized spacial score (nSPS) is 18.8. The number of anilines is 1. The van der Waals surface area contributed by atoms with E-state index in [9.17, 15) is 14.4 Å². The Kier molecular flexibility index (Phi) is 5.74. The highest BCUT2D eigenvalue weighted by molar-refractivity contribution is 6.30. The van der Waals surface area contributed by atoms with Crippen molar-refractivity contribution < 1.29 is 9.53 Å². The van der Waals surface area contributed by atoms with E-state index in [2.05, 4.69) is 0 Å². The van der Waals surface area contributed by atoms with Crippen LogP contribution in [-0.2, 0) is 18.8 Å². The van der Waals surface area contributed by atoms with Gasteiger partial charge in [-0.15, -0.1) is 0 Å². The molecule has 2 N–H and O–H groups in total. The predicted molar refractivity (Wildman–Crippen MR) is 107 cm³/mol. The van der Waals surface area contributed by atoms with Crippen LogP contribution in [0.1, 0.15) is 28.9 Å². The van der Waals surface area contributed by atoms with E-state index >= 15 is 0 Å². The van der Waals surface area contributed by atoms with Crippen LogP contribution in [-0.4, -0.2) is 45.6 Å². The van der Waals surface area contributed by atoms with Gasteiger partial charge >= 0.3 is 5.69 Å². The maximum absolute atomic E-state index is 13.1. The minimum atomic E-state index is -0.681. The molecule has 3 rings (SSSR count). The number of benzene rings is 1. The second-order valence-corrected chi connectivity index (χ2v) is 7.35. The second kappa shape index (κ2) is 7.90. The smallest absolute Gasteiger partial charge is 0.332 e. The number of nitrogens with two attached hydrogens (primary N) is 1. The van der Waals surface area contributed by atoms with E-state index in [-0.39, 0.29) is 17.5 Å². The first kappa shape index (κ1) is 20.3. The van der Waals surface area contributed by atoms with Gasteiger partial charge in [0.2, 0.25) is 0 Å². The number of carbonyl (C=O) groups excluding carboxylic acids is 1. The number of nitrogens with zero attached hydrogens (tertiary/aromatic N) is 3. The zero-order chi connectivity index (χ0) is 20.6. The van der Waals surface area contributed by atoms with E-state index in [0.717, 1.165) is 14.7 Å². The summed E-state index contributed by atoms with van der Waals surface area (Å²) in [5, 5.41) is 0.640. The molecule has 0 saturated carbocycles. The zero-order valence-electron chi connectivity index (χ0n) is 16.0. The van der Waals surface area contributed by atoms with Crippen molar-refractivity contribution >= 4 is 23.2 Å². The zero-order valence-corrected chi connectivity index (χ0v) is 16.8. The molecular formula is C19H23ClN4O4. The Balaban J connectivity index is 1.87. The van der Waals surface area contributed by atoms with Gasteiger partial charge in [-0.2, -0.15) is 0 Å². The molecule has 1 aromatic heterocycles. The molecular weight excluding hydrogens is 384 g/mol. The molecule has 2 heterocycles. The number of ketones is 1. The number of aromatic nitrogens is 2. The number of hydrogen-bond acceptors (Lipinski definition) is 6. The van der Waals surface area contributed by atoms with Crippen molar-refractivity contribution in [2.45, 2.75) is 19.1 Å². The number of nitrogen functional groups attached to an aromatic ring is 1. The van der Waals surface area contributed by atoms with Gasteiger partial charge in [-0.1, -0.05) is 23.7 Å². The highest BCUT2D eigenvalue weighted by atomic mass is 35.5. The third-order valence-electron chi connectivity index (χ3n) is 5.22. The van der Waals surface area contributed by atoms with Gasteiger partial charge in [0.1, 0.15) is 11.4 Å². The second-order valence-electron chi connectivity index (χ2n) is 6.91. The topological polar surface area (TPSA) is 99.6 Å². The summed E-state index contributed by atoms with van der Waals surface area (Å²) in [6.07, 6.45) is -0.207. The number of rotatable bonds is 4. The molecule has 1 fully saturated rings. The summed E-state index contributed by atoms with van der Waals surface area (Å²) in [5.74, 6) is -0.530. The molecule has 8 nitrogen and oxygen atoms in total. The first-order chi connectivity index (χ1) is 13.2. The lowest BCUT2D eigenvalue weighted by molar-refractivity contribution is -0.0387. The maximum Gasteiger partial charge on any atom is 0.332 e. The quantitative estimate of drug-likeness (QED) is 0.759. The SMILES string of the molecule is C[C@H](C(=O)c1c(N)n(C)c(=O)n(C)c1=O)N1CCO[C@@H](c2ccc(Cl)cc2)C1. The minimum absolute atomic E-state index is 0.118. The molecule has 2 atom stereocenters. The number of hydrogen-bond donors (Lipinski definition) is 1. The lowest BCUT2D eigenvalue weighted by atomic mass is 10.0. The van der Waals surface area contributed by atoms with Gasteiger partial charge in [0.05, 0.1) is 18.8 Å². The summed E-state index contributed by atoms with van der Waals surface area (Å²) >= 11 is 5.94. The molecule has 1 aliphatic rings. The molecule has 0 radical (unpaired) electrons. The number of morpholine rings is 1. The van der Waals surface area contributed by atoms with Gasteiger partial charge in [0.25, 0.3) is 5.56 Å². The van der Waals surface area contributed by atoms with Crippen LogP contribution in [0.3, 0.4) is 0 Å². The number of Topliss-reactive ketones (excluding diaryl/α,β-unsaturated/α-hetero) is 1. The molecule has 0 unspecified atom stereocenters.